The van der Waals surface area contributed by atoms with Gasteiger partial charge < -0.3 is 21.1 Å². The third-order valence-electron chi connectivity index (χ3n) is 3.64. The average molecular weight is 390 g/mol. The minimum atomic E-state index is -1.08. The highest BCUT2D eigenvalue weighted by atomic mass is 35.5. The van der Waals surface area contributed by atoms with Gasteiger partial charge in [0.15, 0.2) is 6.10 Å². The van der Waals surface area contributed by atoms with Crippen LogP contribution < -0.4 is 16.4 Å². The normalized spacial score (nSPS) is 12.5. The van der Waals surface area contributed by atoms with E-state index in [2.05, 4.69) is 10.6 Å². The Hall–Kier alpha value is -3.06. The number of primary amides is 1. The topological polar surface area (TPSA) is 111 Å². The van der Waals surface area contributed by atoms with Crippen molar-refractivity contribution >= 4 is 35.2 Å². The van der Waals surface area contributed by atoms with Crippen LogP contribution in [0.2, 0.25) is 5.02 Å². The molecule has 0 aliphatic heterocycles. The number of hydrogen-bond donors (Lipinski definition) is 3. The quantitative estimate of drug-likeness (QED) is 0.632. The van der Waals surface area contributed by atoms with E-state index in [1.54, 1.807) is 36.4 Å². The summed E-state index contributed by atoms with van der Waals surface area (Å²) in [6.45, 7) is 1.43. The van der Waals surface area contributed by atoms with E-state index in [9.17, 15) is 14.4 Å². The molecule has 0 aliphatic carbocycles. The van der Waals surface area contributed by atoms with E-state index in [1.807, 2.05) is 18.2 Å². The summed E-state index contributed by atoms with van der Waals surface area (Å²) in [5.41, 5.74) is 6.43. The molecule has 27 heavy (non-hydrogen) atoms. The summed E-state index contributed by atoms with van der Waals surface area (Å²) in [6.07, 6.45) is -0.893. The van der Waals surface area contributed by atoms with Gasteiger partial charge in [-0.2, -0.15) is 0 Å². The van der Waals surface area contributed by atoms with Gasteiger partial charge in [0.05, 0.1) is 0 Å². The van der Waals surface area contributed by atoms with Gasteiger partial charge in [0, 0.05) is 17.1 Å². The Bertz CT molecular complexity index is 814. The third kappa shape index (κ3) is 6.63. The summed E-state index contributed by atoms with van der Waals surface area (Å²) in [5.74, 6) is -1.28. The number of urea groups is 1. The van der Waals surface area contributed by atoms with E-state index in [-0.39, 0.29) is 6.42 Å². The van der Waals surface area contributed by atoms with Crippen molar-refractivity contribution in [1.29, 1.82) is 0 Å². The van der Waals surface area contributed by atoms with Crippen molar-refractivity contribution in [2.24, 2.45) is 5.73 Å². The summed E-state index contributed by atoms with van der Waals surface area (Å²) in [4.78, 5) is 35.8. The Morgan fingerprint density at radius 2 is 1.81 bits per heavy atom. The monoisotopic (exact) mass is 389 g/mol. The molecule has 7 nitrogen and oxygen atoms in total. The Morgan fingerprint density at radius 3 is 2.44 bits per heavy atom. The molecule has 0 saturated heterocycles. The van der Waals surface area contributed by atoms with Crippen LogP contribution in [-0.2, 0) is 20.7 Å². The maximum atomic E-state index is 12.4. The van der Waals surface area contributed by atoms with Gasteiger partial charge in [0.2, 0.25) is 0 Å². The minimum Gasteiger partial charge on any atom is -0.451 e. The summed E-state index contributed by atoms with van der Waals surface area (Å²) in [5, 5.41) is 5.41. The summed E-state index contributed by atoms with van der Waals surface area (Å²) >= 11 is 5.87. The first-order chi connectivity index (χ1) is 12.8. The maximum Gasteiger partial charge on any atom is 0.329 e. The zero-order valence-electron chi connectivity index (χ0n) is 14.6. The van der Waals surface area contributed by atoms with Gasteiger partial charge in [0.25, 0.3) is 5.91 Å². The molecule has 0 fully saturated rings. The van der Waals surface area contributed by atoms with Crippen LogP contribution in [0.4, 0.5) is 10.5 Å². The Morgan fingerprint density at radius 1 is 1.11 bits per heavy atom. The molecule has 8 heteroatoms. The molecule has 0 aliphatic rings. The van der Waals surface area contributed by atoms with Crippen LogP contribution in [-0.4, -0.2) is 30.1 Å². The van der Waals surface area contributed by atoms with Crippen molar-refractivity contribution < 1.29 is 19.1 Å². The lowest BCUT2D eigenvalue weighted by Crippen LogP contribution is -2.47. The summed E-state index contributed by atoms with van der Waals surface area (Å²) in [7, 11) is 0. The average Bonchev–Trinajstić information content (AvgIpc) is 2.61. The van der Waals surface area contributed by atoms with E-state index in [4.69, 9.17) is 22.1 Å². The number of ether oxygens (including phenoxy) is 1. The Labute approximate surface area is 161 Å². The molecule has 0 aromatic heterocycles. The second-order valence-electron chi connectivity index (χ2n) is 5.83. The van der Waals surface area contributed by atoms with E-state index in [0.717, 1.165) is 5.56 Å². The molecule has 0 unspecified atom stereocenters. The molecule has 142 valence electrons. The van der Waals surface area contributed by atoms with Crippen molar-refractivity contribution in [3.8, 4) is 0 Å². The lowest BCUT2D eigenvalue weighted by atomic mass is 10.1. The van der Waals surface area contributed by atoms with Crippen LogP contribution in [0, 0.1) is 0 Å². The molecule has 2 aromatic rings. The van der Waals surface area contributed by atoms with Crippen molar-refractivity contribution in [2.45, 2.75) is 25.5 Å². The molecule has 0 radical (unpaired) electrons. The Kier molecular flexibility index (Phi) is 7.19. The molecule has 2 atom stereocenters. The smallest absolute Gasteiger partial charge is 0.329 e. The van der Waals surface area contributed by atoms with Gasteiger partial charge in [-0.15, -0.1) is 0 Å². The lowest BCUT2D eigenvalue weighted by Gasteiger charge is -2.19. The Balaban J connectivity index is 1.99. The van der Waals surface area contributed by atoms with Crippen LogP contribution in [0.1, 0.15) is 12.5 Å². The largest absolute Gasteiger partial charge is 0.451 e. The van der Waals surface area contributed by atoms with Crippen LogP contribution in [0.3, 0.4) is 0 Å². The van der Waals surface area contributed by atoms with E-state index >= 15 is 0 Å². The number of carbonyl (C=O) groups excluding carboxylic acids is 3. The zero-order valence-corrected chi connectivity index (χ0v) is 15.4. The molecule has 0 bridgehead atoms. The first kappa shape index (κ1) is 20.3. The number of amides is 3. The van der Waals surface area contributed by atoms with Crippen molar-refractivity contribution in [2.75, 3.05) is 5.32 Å². The molecule has 3 amide bonds. The van der Waals surface area contributed by atoms with Crippen molar-refractivity contribution in [1.82, 2.24) is 5.32 Å². The zero-order chi connectivity index (χ0) is 19.8. The van der Waals surface area contributed by atoms with Crippen LogP contribution >= 0.6 is 11.6 Å². The third-order valence-corrected chi connectivity index (χ3v) is 3.87. The van der Waals surface area contributed by atoms with E-state index < -0.39 is 30.1 Å². The molecular weight excluding hydrogens is 370 g/mol. The van der Waals surface area contributed by atoms with Gasteiger partial charge in [0.1, 0.15) is 6.04 Å². The first-order valence-electron chi connectivity index (χ1n) is 8.22. The van der Waals surface area contributed by atoms with Gasteiger partial charge in [-0.3, -0.25) is 4.79 Å². The van der Waals surface area contributed by atoms with Gasteiger partial charge in [-0.1, -0.05) is 48.0 Å². The number of rotatable bonds is 7. The second kappa shape index (κ2) is 9.59. The molecule has 0 saturated carbocycles. The first-order valence-corrected chi connectivity index (χ1v) is 8.60. The van der Waals surface area contributed by atoms with E-state index in [1.165, 1.54) is 6.92 Å². The molecule has 0 heterocycles. The standard InChI is InChI=1S/C19H20ClN3O4/c1-12(17(24)22-15-9-5-8-14(20)11-15)27-18(25)16(23-19(21)26)10-13-6-3-2-4-7-13/h2-9,11-12,16H,10H2,1H3,(H,22,24)(H3,21,23,26)/t12-,16+/m1/s1. The molecule has 0 spiro atoms. The molecular formula is C19H20ClN3O4. The highest BCUT2D eigenvalue weighted by molar-refractivity contribution is 6.30. The lowest BCUT2D eigenvalue weighted by molar-refractivity contribution is -0.155. The fourth-order valence-electron chi connectivity index (χ4n) is 2.33. The highest BCUT2D eigenvalue weighted by Gasteiger charge is 2.26. The fourth-order valence-corrected chi connectivity index (χ4v) is 2.53. The number of halogens is 1. The summed E-state index contributed by atoms with van der Waals surface area (Å²) < 4.78 is 5.20. The van der Waals surface area contributed by atoms with Crippen LogP contribution in [0.15, 0.2) is 54.6 Å². The van der Waals surface area contributed by atoms with Crippen molar-refractivity contribution in [3.63, 3.8) is 0 Å². The number of esters is 1. The van der Waals surface area contributed by atoms with Gasteiger partial charge >= 0.3 is 12.0 Å². The fraction of sp³-hybridized carbons (Fsp3) is 0.211. The number of nitrogens with one attached hydrogen (secondary N) is 2. The predicted molar refractivity (Wildman–Crippen MR) is 102 cm³/mol. The number of hydrogen-bond acceptors (Lipinski definition) is 4. The molecule has 2 rings (SSSR count). The number of anilines is 1. The van der Waals surface area contributed by atoms with E-state index in [0.29, 0.717) is 10.7 Å². The number of nitrogens with two attached hydrogens (primary N) is 1. The van der Waals surface area contributed by atoms with Gasteiger partial charge in [-0.25, -0.2) is 9.59 Å². The summed E-state index contributed by atoms with van der Waals surface area (Å²) in [6, 6.07) is 13.8. The number of carbonyl (C=O) groups is 3. The van der Waals surface area contributed by atoms with Crippen molar-refractivity contribution in [3.05, 3.63) is 65.2 Å². The minimum absolute atomic E-state index is 0.186. The highest BCUT2D eigenvalue weighted by Crippen LogP contribution is 2.15. The van der Waals surface area contributed by atoms with Gasteiger partial charge in [-0.05, 0) is 30.7 Å². The van der Waals surface area contributed by atoms with Crippen LogP contribution in [0.25, 0.3) is 0 Å². The SMILES string of the molecule is C[C@@H](OC(=O)[C@H](Cc1ccccc1)NC(N)=O)C(=O)Nc1cccc(Cl)c1. The predicted octanol–water partition coefficient (Wildman–Crippen LogP) is 2.49. The maximum absolute atomic E-state index is 12.4. The number of benzene rings is 2. The second-order valence-corrected chi connectivity index (χ2v) is 6.27. The molecule has 2 aromatic carbocycles. The molecule has 4 N–H and O–H groups in total. The van der Waals surface area contributed by atoms with Crippen LogP contribution in [0.5, 0.6) is 0 Å².